The molecule has 0 amide bonds. The van der Waals surface area contributed by atoms with Gasteiger partial charge in [0.25, 0.3) is 0 Å². The molecule has 5 heteroatoms. The lowest BCUT2D eigenvalue weighted by Crippen LogP contribution is -2.31. The summed E-state index contributed by atoms with van der Waals surface area (Å²) in [5, 5.41) is 0. The van der Waals surface area contributed by atoms with E-state index in [1.165, 1.54) is 11.1 Å². The van der Waals surface area contributed by atoms with Gasteiger partial charge in [-0.25, -0.2) is 4.79 Å². The van der Waals surface area contributed by atoms with E-state index in [4.69, 9.17) is 4.74 Å². The molecule has 3 aromatic rings. The predicted octanol–water partition coefficient (Wildman–Crippen LogP) is 3.06. The minimum atomic E-state index is 0.0163. The highest BCUT2D eigenvalue weighted by molar-refractivity contribution is 5.76. The third-order valence-electron chi connectivity index (χ3n) is 5.48. The van der Waals surface area contributed by atoms with Gasteiger partial charge in [0, 0.05) is 40.3 Å². The molecule has 2 heterocycles. The second-order valence-corrected chi connectivity index (χ2v) is 7.51. The van der Waals surface area contributed by atoms with Crippen molar-refractivity contribution in [1.82, 2.24) is 14.0 Å². The van der Waals surface area contributed by atoms with Crippen molar-refractivity contribution in [3.8, 4) is 0 Å². The first-order valence-electron chi connectivity index (χ1n) is 9.64. The van der Waals surface area contributed by atoms with E-state index in [1.807, 2.05) is 14.1 Å². The van der Waals surface area contributed by atoms with Gasteiger partial charge in [0.2, 0.25) is 0 Å². The van der Waals surface area contributed by atoms with E-state index in [0.29, 0.717) is 6.10 Å². The van der Waals surface area contributed by atoms with Gasteiger partial charge in [0.05, 0.1) is 17.1 Å². The molecule has 0 spiro atoms. The van der Waals surface area contributed by atoms with Crippen molar-refractivity contribution in [3.05, 3.63) is 70.1 Å². The number of rotatable bonds is 6. The molecular weight excluding hydrogens is 338 g/mol. The summed E-state index contributed by atoms with van der Waals surface area (Å²) in [7, 11) is 3.66. The van der Waals surface area contributed by atoms with Crippen molar-refractivity contribution in [2.45, 2.75) is 32.0 Å². The predicted molar refractivity (Wildman–Crippen MR) is 108 cm³/mol. The molecule has 0 bridgehead atoms. The Morgan fingerprint density at radius 3 is 2.48 bits per heavy atom. The number of nitrogens with zero attached hydrogens (tertiary/aromatic N) is 3. The second kappa shape index (κ2) is 7.71. The number of imidazole rings is 1. The zero-order valence-corrected chi connectivity index (χ0v) is 16.1. The van der Waals surface area contributed by atoms with Crippen LogP contribution < -0.4 is 5.69 Å². The molecule has 0 radical (unpaired) electrons. The molecule has 1 aliphatic heterocycles. The Balaban J connectivity index is 1.59. The molecule has 27 heavy (non-hydrogen) atoms. The van der Waals surface area contributed by atoms with Crippen LogP contribution in [-0.4, -0.2) is 33.3 Å². The van der Waals surface area contributed by atoms with Gasteiger partial charge in [-0.1, -0.05) is 36.4 Å². The number of fused-ring (bicyclic) bond motifs is 1. The molecule has 4 rings (SSSR count). The molecule has 5 nitrogen and oxygen atoms in total. The number of hydrogen-bond donors (Lipinski definition) is 0. The third-order valence-corrected chi connectivity index (χ3v) is 5.48. The Morgan fingerprint density at radius 2 is 1.74 bits per heavy atom. The van der Waals surface area contributed by atoms with Crippen LogP contribution in [0.1, 0.15) is 24.0 Å². The van der Waals surface area contributed by atoms with E-state index < -0.39 is 0 Å². The summed E-state index contributed by atoms with van der Waals surface area (Å²) in [6.45, 7) is 3.54. The molecule has 1 atom stereocenters. The van der Waals surface area contributed by atoms with Gasteiger partial charge in [-0.05, 0) is 36.1 Å². The highest BCUT2D eigenvalue weighted by Gasteiger charge is 2.20. The molecule has 1 aliphatic rings. The average molecular weight is 365 g/mol. The van der Waals surface area contributed by atoms with E-state index in [2.05, 4.69) is 53.4 Å². The summed E-state index contributed by atoms with van der Waals surface area (Å²) in [5.41, 5.74) is 4.50. The summed E-state index contributed by atoms with van der Waals surface area (Å²) in [6, 6.07) is 16.9. The molecule has 1 fully saturated rings. The van der Waals surface area contributed by atoms with Crippen molar-refractivity contribution in [2.75, 3.05) is 13.2 Å². The van der Waals surface area contributed by atoms with E-state index in [-0.39, 0.29) is 5.69 Å². The first-order valence-corrected chi connectivity index (χ1v) is 9.64. The summed E-state index contributed by atoms with van der Waals surface area (Å²) in [6.07, 6.45) is 2.61. The SMILES string of the molecule is Cn1c(=O)n(C)c2cc(CN(Cc3ccccc3)CC3CCCO3)ccc21. The number of hydrogen-bond acceptors (Lipinski definition) is 3. The molecule has 1 saturated heterocycles. The summed E-state index contributed by atoms with van der Waals surface area (Å²) in [5.74, 6) is 0. The Bertz CT molecular complexity index is 968. The monoisotopic (exact) mass is 365 g/mol. The summed E-state index contributed by atoms with van der Waals surface area (Å²) >= 11 is 0. The molecule has 1 aromatic heterocycles. The van der Waals surface area contributed by atoms with E-state index in [1.54, 1.807) is 9.13 Å². The Kier molecular flexibility index (Phi) is 5.14. The van der Waals surface area contributed by atoms with Crippen molar-refractivity contribution in [2.24, 2.45) is 14.1 Å². The van der Waals surface area contributed by atoms with Crippen LogP contribution in [0.15, 0.2) is 53.3 Å². The van der Waals surface area contributed by atoms with Crippen LogP contribution >= 0.6 is 0 Å². The zero-order valence-electron chi connectivity index (χ0n) is 16.1. The van der Waals surface area contributed by atoms with E-state index in [9.17, 15) is 4.79 Å². The molecule has 2 aromatic carbocycles. The molecule has 1 unspecified atom stereocenters. The first-order chi connectivity index (χ1) is 13.1. The molecule has 0 aliphatic carbocycles. The van der Waals surface area contributed by atoms with Crippen molar-refractivity contribution in [3.63, 3.8) is 0 Å². The highest BCUT2D eigenvalue weighted by Crippen LogP contribution is 2.19. The van der Waals surface area contributed by atoms with Gasteiger partial charge in [0.15, 0.2) is 0 Å². The highest BCUT2D eigenvalue weighted by atomic mass is 16.5. The smallest absolute Gasteiger partial charge is 0.328 e. The van der Waals surface area contributed by atoms with Crippen molar-refractivity contribution >= 4 is 11.0 Å². The minimum absolute atomic E-state index is 0.0163. The average Bonchev–Trinajstić information content (AvgIpc) is 3.26. The standard InChI is InChI=1S/C22H27N3O2/c1-23-20-11-10-18(13-21(20)24(2)22(23)26)15-25(16-19-9-6-12-27-19)14-17-7-4-3-5-8-17/h3-5,7-8,10-11,13,19H,6,9,12,14-16H2,1-2H3. The largest absolute Gasteiger partial charge is 0.377 e. The molecule has 142 valence electrons. The number of ether oxygens (including phenoxy) is 1. The van der Waals surface area contributed by atoms with Crippen LogP contribution in [0.25, 0.3) is 11.0 Å². The van der Waals surface area contributed by atoms with Crippen molar-refractivity contribution in [1.29, 1.82) is 0 Å². The van der Waals surface area contributed by atoms with Crippen molar-refractivity contribution < 1.29 is 4.74 Å². The topological polar surface area (TPSA) is 39.4 Å². The Hall–Kier alpha value is -2.37. The van der Waals surface area contributed by atoms with Crippen LogP contribution in [0, 0.1) is 0 Å². The van der Waals surface area contributed by atoms with Gasteiger partial charge in [-0.2, -0.15) is 0 Å². The fourth-order valence-corrected chi connectivity index (χ4v) is 4.01. The third kappa shape index (κ3) is 3.84. The fourth-order valence-electron chi connectivity index (χ4n) is 4.01. The fraction of sp³-hybridized carbons (Fsp3) is 0.409. The van der Waals surface area contributed by atoms with Crippen LogP contribution in [0.3, 0.4) is 0 Å². The minimum Gasteiger partial charge on any atom is -0.377 e. The Morgan fingerprint density at radius 1 is 1.00 bits per heavy atom. The maximum absolute atomic E-state index is 12.2. The second-order valence-electron chi connectivity index (χ2n) is 7.51. The van der Waals surface area contributed by atoms with Crippen LogP contribution in [0.5, 0.6) is 0 Å². The van der Waals surface area contributed by atoms with E-state index >= 15 is 0 Å². The van der Waals surface area contributed by atoms with Gasteiger partial charge in [-0.3, -0.25) is 14.0 Å². The van der Waals surface area contributed by atoms with Gasteiger partial charge >= 0.3 is 5.69 Å². The number of benzene rings is 2. The lowest BCUT2D eigenvalue weighted by molar-refractivity contribution is 0.0679. The lowest BCUT2D eigenvalue weighted by Gasteiger charge is -2.25. The lowest BCUT2D eigenvalue weighted by atomic mass is 10.1. The molecule has 0 saturated carbocycles. The normalized spacial score (nSPS) is 17.2. The zero-order chi connectivity index (χ0) is 18.8. The summed E-state index contributed by atoms with van der Waals surface area (Å²) < 4.78 is 9.30. The van der Waals surface area contributed by atoms with E-state index in [0.717, 1.165) is 50.1 Å². The Labute approximate surface area is 159 Å². The van der Waals surface area contributed by atoms with Gasteiger partial charge < -0.3 is 4.74 Å². The molecule has 0 N–H and O–H groups in total. The van der Waals surface area contributed by atoms with Crippen LogP contribution in [0.2, 0.25) is 0 Å². The number of aryl methyl sites for hydroxylation is 2. The maximum Gasteiger partial charge on any atom is 0.328 e. The van der Waals surface area contributed by atoms with Gasteiger partial charge in [0.1, 0.15) is 0 Å². The van der Waals surface area contributed by atoms with Gasteiger partial charge in [-0.15, -0.1) is 0 Å². The maximum atomic E-state index is 12.2. The molecular formula is C22H27N3O2. The quantitative estimate of drug-likeness (QED) is 0.674. The van der Waals surface area contributed by atoms with Crippen LogP contribution in [-0.2, 0) is 31.9 Å². The number of aromatic nitrogens is 2. The summed E-state index contributed by atoms with van der Waals surface area (Å²) in [4.78, 5) is 14.6. The van der Waals surface area contributed by atoms with Crippen LogP contribution in [0.4, 0.5) is 0 Å². The first kappa shape index (κ1) is 18.0.